The van der Waals surface area contributed by atoms with Gasteiger partial charge >= 0.3 is 0 Å². The first-order valence-corrected chi connectivity index (χ1v) is 10.2. The van der Waals surface area contributed by atoms with Crippen molar-refractivity contribution in [2.45, 2.75) is 38.2 Å². The third-order valence-electron chi connectivity index (χ3n) is 5.80. The molecule has 154 valence electrons. The van der Waals surface area contributed by atoms with E-state index in [0.717, 1.165) is 63.1 Å². The SMILES string of the molecule is CN=C(NCC(=O)N1CCc2ccccc21)N1CCC(OCC2CC2)CC1.I. The number of guanidine groups is 1. The number of carbonyl (C=O) groups excluding carboxylic acids is 1. The molecule has 6 nitrogen and oxygen atoms in total. The summed E-state index contributed by atoms with van der Waals surface area (Å²) in [5, 5.41) is 3.27. The molecular formula is C21H31IN4O2. The molecule has 1 saturated carbocycles. The van der Waals surface area contributed by atoms with Crippen LogP contribution in [0.1, 0.15) is 31.2 Å². The number of likely N-dealkylation sites (tertiary alicyclic amines) is 1. The van der Waals surface area contributed by atoms with E-state index >= 15 is 0 Å². The molecule has 0 aromatic heterocycles. The number of anilines is 1. The zero-order valence-electron chi connectivity index (χ0n) is 16.6. The van der Waals surface area contributed by atoms with Crippen molar-refractivity contribution in [3.63, 3.8) is 0 Å². The number of ether oxygens (including phenoxy) is 1. The summed E-state index contributed by atoms with van der Waals surface area (Å²) in [5.74, 6) is 1.74. The van der Waals surface area contributed by atoms with Crippen LogP contribution in [0.25, 0.3) is 0 Å². The number of para-hydroxylation sites is 1. The van der Waals surface area contributed by atoms with Gasteiger partial charge in [0.1, 0.15) is 0 Å². The number of carbonyl (C=O) groups is 1. The van der Waals surface area contributed by atoms with Crippen molar-refractivity contribution >= 4 is 41.5 Å². The van der Waals surface area contributed by atoms with E-state index in [-0.39, 0.29) is 36.4 Å². The summed E-state index contributed by atoms with van der Waals surface area (Å²) in [5.41, 5.74) is 2.30. The van der Waals surface area contributed by atoms with Crippen molar-refractivity contribution in [1.82, 2.24) is 10.2 Å². The summed E-state index contributed by atoms with van der Waals surface area (Å²) in [4.78, 5) is 21.2. The molecule has 1 amide bonds. The maximum absolute atomic E-state index is 12.7. The second-order valence-corrected chi connectivity index (χ2v) is 7.79. The molecule has 0 bridgehead atoms. The summed E-state index contributed by atoms with van der Waals surface area (Å²) >= 11 is 0. The third-order valence-corrected chi connectivity index (χ3v) is 5.80. The highest BCUT2D eigenvalue weighted by atomic mass is 127. The van der Waals surface area contributed by atoms with E-state index in [1.165, 1.54) is 18.4 Å². The first kappa shape index (κ1) is 21.4. The summed E-state index contributed by atoms with van der Waals surface area (Å²) in [7, 11) is 1.79. The minimum Gasteiger partial charge on any atom is -0.378 e. The minimum atomic E-state index is 0. The van der Waals surface area contributed by atoms with E-state index in [0.29, 0.717) is 6.10 Å². The Kier molecular flexibility index (Phi) is 7.56. The lowest BCUT2D eigenvalue weighted by molar-refractivity contribution is -0.117. The lowest BCUT2D eigenvalue weighted by Gasteiger charge is -2.34. The summed E-state index contributed by atoms with van der Waals surface area (Å²) in [6, 6.07) is 8.16. The molecule has 0 atom stereocenters. The molecule has 0 unspecified atom stereocenters. The number of piperidine rings is 1. The number of nitrogens with zero attached hydrogens (tertiary/aromatic N) is 3. The lowest BCUT2D eigenvalue weighted by atomic mass is 10.1. The Labute approximate surface area is 184 Å². The van der Waals surface area contributed by atoms with Crippen molar-refractivity contribution in [3.8, 4) is 0 Å². The van der Waals surface area contributed by atoms with Gasteiger partial charge in [0.2, 0.25) is 5.91 Å². The van der Waals surface area contributed by atoms with Crippen molar-refractivity contribution in [2.24, 2.45) is 10.9 Å². The number of hydrogen-bond donors (Lipinski definition) is 1. The second kappa shape index (κ2) is 9.91. The van der Waals surface area contributed by atoms with Gasteiger partial charge in [0, 0.05) is 39.0 Å². The molecule has 4 rings (SSSR count). The maximum atomic E-state index is 12.7. The van der Waals surface area contributed by atoms with Crippen molar-refractivity contribution in [1.29, 1.82) is 0 Å². The molecule has 28 heavy (non-hydrogen) atoms. The van der Waals surface area contributed by atoms with Crippen LogP contribution in [0.15, 0.2) is 29.3 Å². The van der Waals surface area contributed by atoms with E-state index in [4.69, 9.17) is 4.74 Å². The predicted octanol–water partition coefficient (Wildman–Crippen LogP) is 2.66. The Balaban J connectivity index is 0.00000225. The van der Waals surface area contributed by atoms with E-state index in [1.807, 2.05) is 23.1 Å². The number of aliphatic imine (C=N–C) groups is 1. The lowest BCUT2D eigenvalue weighted by Crippen LogP contribution is -2.49. The topological polar surface area (TPSA) is 57.2 Å². The number of rotatable bonds is 5. The third kappa shape index (κ3) is 5.17. The molecule has 3 aliphatic rings. The number of hydrogen-bond acceptors (Lipinski definition) is 3. The Morgan fingerprint density at radius 2 is 1.93 bits per heavy atom. The average molecular weight is 498 g/mol. The highest BCUT2D eigenvalue weighted by Crippen LogP contribution is 2.30. The van der Waals surface area contributed by atoms with Crippen LogP contribution in [0.3, 0.4) is 0 Å². The van der Waals surface area contributed by atoms with Crippen LogP contribution in [-0.4, -0.2) is 62.7 Å². The minimum absolute atomic E-state index is 0. The number of nitrogens with one attached hydrogen (secondary N) is 1. The van der Waals surface area contributed by atoms with Crippen molar-refractivity contribution in [3.05, 3.63) is 29.8 Å². The molecule has 2 fully saturated rings. The van der Waals surface area contributed by atoms with Crippen molar-refractivity contribution < 1.29 is 9.53 Å². The van der Waals surface area contributed by atoms with Crippen LogP contribution < -0.4 is 10.2 Å². The standard InChI is InChI=1S/C21H30N4O2.HI/c1-22-21(24-11-9-18(10-12-24)27-15-16-6-7-16)23-14-20(26)25-13-8-17-4-2-3-5-19(17)25;/h2-5,16,18H,6-15H2,1H3,(H,22,23);1H. The van der Waals surface area contributed by atoms with Gasteiger partial charge in [-0.05, 0) is 49.7 Å². The van der Waals surface area contributed by atoms with E-state index < -0.39 is 0 Å². The molecule has 1 N–H and O–H groups in total. The fourth-order valence-electron chi connectivity index (χ4n) is 3.97. The van der Waals surface area contributed by atoms with Crippen LogP contribution in [0, 0.1) is 5.92 Å². The van der Waals surface area contributed by atoms with Crippen LogP contribution >= 0.6 is 24.0 Å². The fourth-order valence-corrected chi connectivity index (χ4v) is 3.97. The molecule has 2 heterocycles. The number of fused-ring (bicyclic) bond motifs is 1. The quantitative estimate of drug-likeness (QED) is 0.386. The largest absolute Gasteiger partial charge is 0.378 e. The van der Waals surface area contributed by atoms with Gasteiger partial charge < -0.3 is 19.9 Å². The van der Waals surface area contributed by atoms with Crippen molar-refractivity contribution in [2.75, 3.05) is 44.7 Å². The highest BCUT2D eigenvalue weighted by molar-refractivity contribution is 14.0. The van der Waals surface area contributed by atoms with Gasteiger partial charge in [-0.25, -0.2) is 0 Å². The van der Waals surface area contributed by atoms with Gasteiger partial charge in [-0.15, -0.1) is 24.0 Å². The number of halogens is 1. The summed E-state index contributed by atoms with van der Waals surface area (Å²) in [6.45, 7) is 3.83. The van der Waals surface area contributed by atoms with Crippen LogP contribution in [-0.2, 0) is 16.0 Å². The van der Waals surface area contributed by atoms with Gasteiger partial charge in [-0.2, -0.15) is 0 Å². The average Bonchev–Trinajstić information content (AvgIpc) is 3.44. The molecule has 1 aromatic rings. The molecule has 7 heteroatoms. The maximum Gasteiger partial charge on any atom is 0.246 e. The zero-order valence-corrected chi connectivity index (χ0v) is 18.9. The van der Waals surface area contributed by atoms with Crippen LogP contribution in [0.2, 0.25) is 0 Å². The second-order valence-electron chi connectivity index (χ2n) is 7.79. The fraction of sp³-hybridized carbons (Fsp3) is 0.619. The van der Waals surface area contributed by atoms with Gasteiger partial charge in [0.25, 0.3) is 0 Å². The molecule has 0 radical (unpaired) electrons. The van der Waals surface area contributed by atoms with E-state index in [1.54, 1.807) is 7.05 Å². The number of amides is 1. The van der Waals surface area contributed by atoms with Crippen LogP contribution in [0.4, 0.5) is 5.69 Å². The highest BCUT2D eigenvalue weighted by Gasteiger charge is 2.27. The van der Waals surface area contributed by atoms with Gasteiger partial charge in [0.15, 0.2) is 5.96 Å². The predicted molar refractivity (Wildman–Crippen MR) is 123 cm³/mol. The van der Waals surface area contributed by atoms with Crippen LogP contribution in [0.5, 0.6) is 0 Å². The summed E-state index contributed by atoms with van der Waals surface area (Å²) < 4.78 is 6.02. The first-order chi connectivity index (χ1) is 13.2. The van der Waals surface area contributed by atoms with Gasteiger partial charge in [-0.1, -0.05) is 18.2 Å². The first-order valence-electron chi connectivity index (χ1n) is 10.2. The van der Waals surface area contributed by atoms with Gasteiger partial charge in [0.05, 0.1) is 12.6 Å². The normalized spacial score (nSPS) is 20.0. The zero-order chi connectivity index (χ0) is 18.6. The molecule has 1 aliphatic carbocycles. The molecular weight excluding hydrogens is 467 g/mol. The number of benzene rings is 1. The van der Waals surface area contributed by atoms with E-state index in [2.05, 4.69) is 21.3 Å². The monoisotopic (exact) mass is 498 g/mol. The smallest absolute Gasteiger partial charge is 0.246 e. The molecule has 0 spiro atoms. The van der Waals surface area contributed by atoms with E-state index in [9.17, 15) is 4.79 Å². The molecule has 2 aliphatic heterocycles. The Bertz CT molecular complexity index is 699. The Hall–Kier alpha value is -1.35. The van der Waals surface area contributed by atoms with Gasteiger partial charge in [-0.3, -0.25) is 9.79 Å². The molecule has 1 saturated heterocycles. The summed E-state index contributed by atoms with van der Waals surface area (Å²) in [6.07, 6.45) is 6.05. The Morgan fingerprint density at radius 3 is 2.64 bits per heavy atom. The molecule has 1 aromatic carbocycles. The Morgan fingerprint density at radius 1 is 1.18 bits per heavy atom.